The van der Waals surface area contributed by atoms with Crippen LogP contribution in [0.5, 0.6) is 0 Å². The Kier molecular flexibility index (Phi) is 5.25. The molecule has 3 heterocycles. The first-order valence-corrected chi connectivity index (χ1v) is 8.19. The number of ether oxygens (including phenoxy) is 2. The molecule has 2 fully saturated rings. The van der Waals surface area contributed by atoms with Gasteiger partial charge in [-0.2, -0.15) is 5.26 Å². The average molecular weight is 301 g/mol. The van der Waals surface area contributed by atoms with Crippen LogP contribution in [0.2, 0.25) is 0 Å². The highest BCUT2D eigenvalue weighted by molar-refractivity contribution is 5.45. The third-order valence-electron chi connectivity index (χ3n) is 4.43. The van der Waals surface area contributed by atoms with Crippen molar-refractivity contribution < 1.29 is 9.47 Å². The summed E-state index contributed by atoms with van der Waals surface area (Å²) in [6.07, 6.45) is 7.90. The van der Waals surface area contributed by atoms with Crippen molar-refractivity contribution >= 4 is 5.82 Å². The molecule has 1 atom stereocenters. The van der Waals surface area contributed by atoms with Crippen molar-refractivity contribution in [2.24, 2.45) is 0 Å². The van der Waals surface area contributed by atoms with Crippen LogP contribution in [0, 0.1) is 11.3 Å². The van der Waals surface area contributed by atoms with Gasteiger partial charge in [0.1, 0.15) is 5.82 Å². The van der Waals surface area contributed by atoms with Crippen molar-refractivity contribution in [3.63, 3.8) is 0 Å². The van der Waals surface area contributed by atoms with Crippen LogP contribution in [0.4, 0.5) is 5.82 Å². The van der Waals surface area contributed by atoms with E-state index in [2.05, 4.69) is 16.0 Å². The van der Waals surface area contributed by atoms with Gasteiger partial charge in [0.2, 0.25) is 0 Å². The molecule has 0 amide bonds. The van der Waals surface area contributed by atoms with Gasteiger partial charge in [0.25, 0.3) is 0 Å². The van der Waals surface area contributed by atoms with E-state index in [-0.39, 0.29) is 0 Å². The maximum absolute atomic E-state index is 8.97. The minimum absolute atomic E-state index is 0.292. The molecule has 5 heteroatoms. The number of hydrogen-bond donors (Lipinski definition) is 0. The molecule has 0 aliphatic carbocycles. The summed E-state index contributed by atoms with van der Waals surface area (Å²) in [7, 11) is 0. The minimum Gasteiger partial charge on any atom is -0.376 e. The maximum Gasteiger partial charge on any atom is 0.129 e. The average Bonchev–Trinajstić information content (AvgIpc) is 2.61. The quantitative estimate of drug-likeness (QED) is 0.855. The highest BCUT2D eigenvalue weighted by atomic mass is 16.5. The van der Waals surface area contributed by atoms with Crippen molar-refractivity contribution in [2.75, 3.05) is 31.2 Å². The predicted octanol–water partition coefficient (Wildman–Crippen LogP) is 2.51. The highest BCUT2D eigenvalue weighted by Crippen LogP contribution is 2.21. The molecule has 0 unspecified atom stereocenters. The normalized spacial score (nSPS) is 23.2. The van der Waals surface area contributed by atoms with Gasteiger partial charge in [-0.1, -0.05) is 0 Å². The first-order chi connectivity index (χ1) is 10.8. The van der Waals surface area contributed by atoms with Crippen LogP contribution >= 0.6 is 0 Å². The SMILES string of the molecule is N#Cc1ccnc(N2CCC(OC[C@@H]3CCCCO3)CC2)c1. The second-order valence-corrected chi connectivity index (χ2v) is 6.02. The van der Waals surface area contributed by atoms with E-state index in [1.165, 1.54) is 12.8 Å². The lowest BCUT2D eigenvalue weighted by atomic mass is 10.1. The van der Waals surface area contributed by atoms with Gasteiger partial charge in [-0.25, -0.2) is 4.98 Å². The van der Waals surface area contributed by atoms with Crippen LogP contribution in [0.15, 0.2) is 18.3 Å². The molecule has 118 valence electrons. The monoisotopic (exact) mass is 301 g/mol. The molecular formula is C17H23N3O2. The molecule has 1 aromatic rings. The fourth-order valence-corrected chi connectivity index (χ4v) is 3.09. The summed E-state index contributed by atoms with van der Waals surface area (Å²) in [6.45, 7) is 3.47. The molecule has 3 rings (SSSR count). The summed E-state index contributed by atoms with van der Waals surface area (Å²) in [4.78, 5) is 6.60. The number of nitriles is 1. The molecule has 0 bridgehead atoms. The van der Waals surface area contributed by atoms with Gasteiger partial charge in [0.05, 0.1) is 30.4 Å². The van der Waals surface area contributed by atoms with E-state index in [1.807, 2.05) is 6.07 Å². The maximum atomic E-state index is 8.97. The van der Waals surface area contributed by atoms with Crippen LogP contribution < -0.4 is 4.90 Å². The molecular weight excluding hydrogens is 278 g/mol. The van der Waals surface area contributed by atoms with E-state index in [1.54, 1.807) is 12.3 Å². The van der Waals surface area contributed by atoms with Crippen molar-refractivity contribution in [3.05, 3.63) is 23.9 Å². The Morgan fingerprint density at radius 2 is 2.18 bits per heavy atom. The molecule has 2 aliphatic heterocycles. The van der Waals surface area contributed by atoms with Gasteiger partial charge in [-0.15, -0.1) is 0 Å². The summed E-state index contributed by atoms with van der Waals surface area (Å²) in [5.41, 5.74) is 0.665. The van der Waals surface area contributed by atoms with Crippen molar-refractivity contribution in [2.45, 2.75) is 44.3 Å². The third-order valence-corrected chi connectivity index (χ3v) is 4.43. The van der Waals surface area contributed by atoms with Gasteiger partial charge in [-0.05, 0) is 44.2 Å². The molecule has 2 aliphatic rings. The van der Waals surface area contributed by atoms with E-state index in [4.69, 9.17) is 14.7 Å². The lowest BCUT2D eigenvalue weighted by Gasteiger charge is -2.33. The van der Waals surface area contributed by atoms with Gasteiger partial charge >= 0.3 is 0 Å². The zero-order valence-electron chi connectivity index (χ0n) is 12.9. The summed E-state index contributed by atoms with van der Waals surface area (Å²) >= 11 is 0. The summed E-state index contributed by atoms with van der Waals surface area (Å²) < 4.78 is 11.7. The lowest BCUT2D eigenvalue weighted by Crippen LogP contribution is -2.38. The van der Waals surface area contributed by atoms with Crippen molar-refractivity contribution in [3.8, 4) is 6.07 Å². The van der Waals surface area contributed by atoms with E-state index < -0.39 is 0 Å². The number of pyridine rings is 1. The second-order valence-electron chi connectivity index (χ2n) is 6.02. The summed E-state index contributed by atoms with van der Waals surface area (Å²) in [6, 6.07) is 5.76. The number of nitrogens with zero attached hydrogens (tertiary/aromatic N) is 3. The Balaban J connectivity index is 1.44. The van der Waals surface area contributed by atoms with E-state index in [0.29, 0.717) is 17.8 Å². The summed E-state index contributed by atoms with van der Waals surface area (Å²) in [5.74, 6) is 0.896. The van der Waals surface area contributed by atoms with Crippen molar-refractivity contribution in [1.29, 1.82) is 5.26 Å². The Hall–Kier alpha value is -1.64. The number of anilines is 1. The first kappa shape index (κ1) is 15.3. The molecule has 1 aromatic heterocycles. The van der Waals surface area contributed by atoms with Gasteiger partial charge in [0, 0.05) is 25.9 Å². The molecule has 5 nitrogen and oxygen atoms in total. The Morgan fingerprint density at radius 1 is 1.32 bits per heavy atom. The molecule has 0 saturated carbocycles. The zero-order chi connectivity index (χ0) is 15.2. The molecule has 0 aromatic carbocycles. The highest BCUT2D eigenvalue weighted by Gasteiger charge is 2.22. The van der Waals surface area contributed by atoms with Crippen LogP contribution in [-0.2, 0) is 9.47 Å². The van der Waals surface area contributed by atoms with Crippen LogP contribution in [0.25, 0.3) is 0 Å². The molecule has 0 radical (unpaired) electrons. The van der Waals surface area contributed by atoms with Crippen LogP contribution in [-0.4, -0.2) is 43.5 Å². The largest absolute Gasteiger partial charge is 0.376 e. The van der Waals surface area contributed by atoms with E-state index in [9.17, 15) is 0 Å². The molecule has 0 spiro atoms. The minimum atomic E-state index is 0.292. The topological polar surface area (TPSA) is 58.4 Å². The lowest BCUT2D eigenvalue weighted by molar-refractivity contribution is -0.0672. The van der Waals surface area contributed by atoms with Gasteiger partial charge < -0.3 is 14.4 Å². The number of hydrogen-bond acceptors (Lipinski definition) is 5. The molecule has 22 heavy (non-hydrogen) atoms. The third kappa shape index (κ3) is 3.96. The number of piperidine rings is 1. The first-order valence-electron chi connectivity index (χ1n) is 8.19. The Bertz CT molecular complexity index is 515. The predicted molar refractivity (Wildman–Crippen MR) is 83.7 cm³/mol. The number of aromatic nitrogens is 1. The smallest absolute Gasteiger partial charge is 0.129 e. The molecule has 0 N–H and O–H groups in total. The Morgan fingerprint density at radius 3 is 2.91 bits per heavy atom. The van der Waals surface area contributed by atoms with Crippen molar-refractivity contribution in [1.82, 2.24) is 4.98 Å². The van der Waals surface area contributed by atoms with E-state index in [0.717, 1.165) is 51.4 Å². The summed E-state index contributed by atoms with van der Waals surface area (Å²) in [5, 5.41) is 8.97. The van der Waals surface area contributed by atoms with E-state index >= 15 is 0 Å². The fourth-order valence-electron chi connectivity index (χ4n) is 3.09. The van der Waals surface area contributed by atoms with Gasteiger partial charge in [-0.3, -0.25) is 0 Å². The fraction of sp³-hybridized carbons (Fsp3) is 0.647. The second kappa shape index (κ2) is 7.57. The van der Waals surface area contributed by atoms with Gasteiger partial charge in [0.15, 0.2) is 0 Å². The number of rotatable bonds is 4. The van der Waals surface area contributed by atoms with Crippen LogP contribution in [0.3, 0.4) is 0 Å². The Labute approximate surface area is 131 Å². The zero-order valence-corrected chi connectivity index (χ0v) is 12.9. The standard InChI is InChI=1S/C17H23N3O2/c18-12-14-4-7-19-17(11-14)20-8-5-15(6-9-20)22-13-16-3-1-2-10-21-16/h4,7,11,15-16H,1-3,5-6,8-10,13H2/t16-/m0/s1. The molecule has 2 saturated heterocycles. The van der Waals surface area contributed by atoms with Crippen LogP contribution in [0.1, 0.15) is 37.7 Å².